The van der Waals surface area contributed by atoms with Crippen LogP contribution in [0.25, 0.3) is 12.2 Å². The van der Waals surface area contributed by atoms with Crippen molar-refractivity contribution in [1.29, 1.82) is 0 Å². The van der Waals surface area contributed by atoms with Crippen LogP contribution in [0.3, 0.4) is 0 Å². The SMILES string of the molecule is O=C(O)c1cccc(/C=C\c2cccc(C(=O)O)c2C(=O)O)c1C(=O)O. The number of rotatable bonds is 6. The van der Waals surface area contributed by atoms with Crippen LogP contribution in [-0.2, 0) is 0 Å². The summed E-state index contributed by atoms with van der Waals surface area (Å²) in [6, 6.07) is 7.68. The lowest BCUT2D eigenvalue weighted by Crippen LogP contribution is -2.10. The van der Waals surface area contributed by atoms with Crippen molar-refractivity contribution in [3.8, 4) is 0 Å². The van der Waals surface area contributed by atoms with Crippen LogP contribution in [0.5, 0.6) is 0 Å². The van der Waals surface area contributed by atoms with E-state index < -0.39 is 46.1 Å². The maximum atomic E-state index is 11.4. The van der Waals surface area contributed by atoms with Gasteiger partial charge < -0.3 is 20.4 Å². The van der Waals surface area contributed by atoms with Gasteiger partial charge in [-0.25, -0.2) is 19.2 Å². The molecule has 2 aromatic carbocycles. The molecule has 0 aliphatic carbocycles. The molecular weight excluding hydrogens is 344 g/mol. The standard InChI is InChI=1S/C18H12O8/c19-15(20)11-5-1-3-9(13(11)17(23)24)7-8-10-4-2-6-12(16(21)22)14(10)18(25)26/h1-8H,(H,19,20)(H,21,22)(H,23,24)(H,25,26)/b8-7-. The lowest BCUT2D eigenvalue weighted by Gasteiger charge is -2.07. The Balaban J connectivity index is 2.62. The minimum absolute atomic E-state index is 0.0365. The molecule has 0 unspecified atom stereocenters. The summed E-state index contributed by atoms with van der Waals surface area (Å²) in [5, 5.41) is 36.8. The molecule has 8 nitrogen and oxygen atoms in total. The average Bonchev–Trinajstić information content (AvgIpc) is 2.58. The molecule has 0 bridgehead atoms. The van der Waals surface area contributed by atoms with E-state index in [1.807, 2.05) is 0 Å². The smallest absolute Gasteiger partial charge is 0.337 e. The molecule has 0 aliphatic rings. The highest BCUT2D eigenvalue weighted by Gasteiger charge is 2.20. The summed E-state index contributed by atoms with van der Waals surface area (Å²) in [7, 11) is 0. The number of hydrogen-bond donors (Lipinski definition) is 4. The molecule has 0 amide bonds. The Morgan fingerprint density at radius 3 is 1.19 bits per heavy atom. The van der Waals surface area contributed by atoms with E-state index in [0.717, 1.165) is 12.1 Å². The fourth-order valence-electron chi connectivity index (χ4n) is 2.43. The van der Waals surface area contributed by atoms with Crippen molar-refractivity contribution in [1.82, 2.24) is 0 Å². The highest BCUT2D eigenvalue weighted by atomic mass is 16.4. The van der Waals surface area contributed by atoms with E-state index in [1.54, 1.807) is 0 Å². The largest absolute Gasteiger partial charge is 0.478 e. The fraction of sp³-hybridized carbons (Fsp3) is 0. The fourth-order valence-corrected chi connectivity index (χ4v) is 2.43. The molecule has 0 heterocycles. The number of aromatic carboxylic acids is 4. The van der Waals surface area contributed by atoms with Gasteiger partial charge in [-0.05, 0) is 23.3 Å². The van der Waals surface area contributed by atoms with Crippen LogP contribution in [0.2, 0.25) is 0 Å². The van der Waals surface area contributed by atoms with E-state index in [1.165, 1.54) is 36.4 Å². The predicted octanol–water partition coefficient (Wildman–Crippen LogP) is 2.65. The van der Waals surface area contributed by atoms with Gasteiger partial charge in [0.2, 0.25) is 0 Å². The number of carbonyl (C=O) groups is 4. The summed E-state index contributed by atoms with van der Waals surface area (Å²) in [6.07, 6.45) is 2.45. The summed E-state index contributed by atoms with van der Waals surface area (Å²) >= 11 is 0. The third-order valence-electron chi connectivity index (χ3n) is 3.52. The molecule has 2 rings (SSSR count). The second-order valence-corrected chi connectivity index (χ2v) is 5.09. The summed E-state index contributed by atoms with van der Waals surface area (Å²) in [4.78, 5) is 45.2. The average molecular weight is 356 g/mol. The summed E-state index contributed by atoms with van der Waals surface area (Å²) < 4.78 is 0. The molecule has 0 saturated heterocycles. The Labute approximate surface area is 146 Å². The van der Waals surface area contributed by atoms with Crippen molar-refractivity contribution in [2.75, 3.05) is 0 Å². The van der Waals surface area contributed by atoms with Gasteiger partial charge in [-0.2, -0.15) is 0 Å². The van der Waals surface area contributed by atoms with Crippen molar-refractivity contribution in [3.05, 3.63) is 69.8 Å². The van der Waals surface area contributed by atoms with Gasteiger partial charge >= 0.3 is 23.9 Å². The van der Waals surface area contributed by atoms with E-state index in [0.29, 0.717) is 0 Å². The first-order valence-electron chi connectivity index (χ1n) is 7.11. The first kappa shape index (κ1) is 18.4. The number of carboxylic acids is 4. The quantitative estimate of drug-likeness (QED) is 0.577. The molecule has 2 aromatic rings. The summed E-state index contributed by atoms with van der Waals surface area (Å²) in [5.41, 5.74) is -1.68. The minimum Gasteiger partial charge on any atom is -0.478 e. The van der Waals surface area contributed by atoms with E-state index in [4.69, 9.17) is 10.2 Å². The lowest BCUT2D eigenvalue weighted by atomic mass is 9.97. The van der Waals surface area contributed by atoms with Crippen LogP contribution in [0.1, 0.15) is 52.6 Å². The van der Waals surface area contributed by atoms with Gasteiger partial charge in [0.25, 0.3) is 0 Å². The van der Waals surface area contributed by atoms with Crippen LogP contribution in [-0.4, -0.2) is 44.3 Å². The van der Waals surface area contributed by atoms with Crippen molar-refractivity contribution >= 4 is 36.0 Å². The zero-order chi connectivity index (χ0) is 19.4. The predicted molar refractivity (Wildman–Crippen MR) is 89.6 cm³/mol. The first-order valence-corrected chi connectivity index (χ1v) is 7.11. The second-order valence-electron chi connectivity index (χ2n) is 5.09. The highest BCUT2D eigenvalue weighted by molar-refractivity contribution is 6.06. The van der Waals surface area contributed by atoms with E-state index in [9.17, 15) is 29.4 Å². The molecule has 0 saturated carbocycles. The van der Waals surface area contributed by atoms with Gasteiger partial charge in [0, 0.05) is 0 Å². The Morgan fingerprint density at radius 1 is 0.577 bits per heavy atom. The van der Waals surface area contributed by atoms with Crippen LogP contribution in [0.4, 0.5) is 0 Å². The lowest BCUT2D eigenvalue weighted by molar-refractivity contribution is 0.0651. The Kier molecular flexibility index (Phi) is 5.17. The molecule has 0 atom stereocenters. The maximum Gasteiger partial charge on any atom is 0.337 e. The highest BCUT2D eigenvalue weighted by Crippen LogP contribution is 2.21. The third-order valence-corrected chi connectivity index (χ3v) is 3.52. The molecule has 0 aliphatic heterocycles. The zero-order valence-corrected chi connectivity index (χ0v) is 13.0. The van der Waals surface area contributed by atoms with Crippen LogP contribution >= 0.6 is 0 Å². The molecular formula is C18H12O8. The van der Waals surface area contributed by atoms with Crippen molar-refractivity contribution in [2.24, 2.45) is 0 Å². The monoisotopic (exact) mass is 356 g/mol. The molecule has 0 fully saturated rings. The van der Waals surface area contributed by atoms with Gasteiger partial charge in [0.05, 0.1) is 22.3 Å². The normalized spacial score (nSPS) is 10.6. The van der Waals surface area contributed by atoms with Crippen LogP contribution < -0.4 is 0 Å². The van der Waals surface area contributed by atoms with Crippen LogP contribution in [0, 0.1) is 0 Å². The topological polar surface area (TPSA) is 149 Å². The maximum absolute atomic E-state index is 11.4. The third kappa shape index (κ3) is 3.59. The summed E-state index contributed by atoms with van der Waals surface area (Å²) in [6.45, 7) is 0. The van der Waals surface area contributed by atoms with Gasteiger partial charge in [0.1, 0.15) is 0 Å². The Morgan fingerprint density at radius 2 is 0.923 bits per heavy atom. The summed E-state index contributed by atoms with van der Waals surface area (Å²) in [5.74, 6) is -5.76. The Hall–Kier alpha value is -3.94. The van der Waals surface area contributed by atoms with E-state index in [2.05, 4.69) is 0 Å². The van der Waals surface area contributed by atoms with E-state index >= 15 is 0 Å². The van der Waals surface area contributed by atoms with Gasteiger partial charge in [-0.15, -0.1) is 0 Å². The number of benzene rings is 2. The van der Waals surface area contributed by atoms with E-state index in [-0.39, 0.29) is 11.1 Å². The molecule has 4 N–H and O–H groups in total. The molecule has 8 heteroatoms. The zero-order valence-electron chi connectivity index (χ0n) is 13.0. The van der Waals surface area contributed by atoms with Gasteiger partial charge in [-0.3, -0.25) is 0 Å². The van der Waals surface area contributed by atoms with Crippen LogP contribution in [0.15, 0.2) is 36.4 Å². The number of hydrogen-bond acceptors (Lipinski definition) is 4. The molecule has 132 valence electrons. The Bertz CT molecular complexity index is 878. The van der Waals surface area contributed by atoms with Crippen molar-refractivity contribution < 1.29 is 39.6 Å². The molecule has 0 radical (unpaired) electrons. The molecule has 0 spiro atoms. The first-order chi connectivity index (χ1) is 12.2. The minimum atomic E-state index is -1.46. The van der Waals surface area contributed by atoms with Crippen molar-refractivity contribution in [2.45, 2.75) is 0 Å². The molecule has 0 aromatic heterocycles. The molecule has 26 heavy (non-hydrogen) atoms. The van der Waals surface area contributed by atoms with Gasteiger partial charge in [0.15, 0.2) is 0 Å². The number of carboxylic acid groups (broad SMARTS) is 4. The van der Waals surface area contributed by atoms with Gasteiger partial charge in [-0.1, -0.05) is 36.4 Å². The van der Waals surface area contributed by atoms with Crippen molar-refractivity contribution in [3.63, 3.8) is 0 Å². The second kappa shape index (κ2) is 7.31.